The van der Waals surface area contributed by atoms with Gasteiger partial charge in [-0.1, -0.05) is 61.5 Å². The monoisotopic (exact) mass is 481 g/mol. The van der Waals surface area contributed by atoms with Crippen LogP contribution in [-0.4, -0.2) is 53.7 Å². The molecule has 5 nitrogen and oxygen atoms in total. The lowest BCUT2D eigenvalue weighted by molar-refractivity contribution is 0.124. The van der Waals surface area contributed by atoms with Crippen LogP contribution in [0, 0.1) is 0 Å². The summed E-state index contributed by atoms with van der Waals surface area (Å²) in [5.74, 6) is 0.841. The van der Waals surface area contributed by atoms with Gasteiger partial charge in [0, 0.05) is 63.0 Å². The van der Waals surface area contributed by atoms with Gasteiger partial charge >= 0.3 is 0 Å². The molecule has 1 aliphatic rings. The molecule has 0 amide bonds. The molecule has 5 rings (SSSR count). The molecule has 0 spiro atoms. The summed E-state index contributed by atoms with van der Waals surface area (Å²) in [6.45, 7) is 9.92. The van der Waals surface area contributed by atoms with Crippen molar-refractivity contribution in [3.63, 3.8) is 0 Å². The smallest absolute Gasteiger partial charge is 0.197 e. The predicted octanol–water partition coefficient (Wildman–Crippen LogP) is 5.28. The molecule has 0 radical (unpaired) electrons. The van der Waals surface area contributed by atoms with E-state index in [0.29, 0.717) is 6.61 Å². The zero-order valence-corrected chi connectivity index (χ0v) is 21.1. The Bertz CT molecular complexity index is 1320. The van der Waals surface area contributed by atoms with Crippen molar-refractivity contribution in [2.75, 3.05) is 39.3 Å². The largest absolute Gasteiger partial charge is 0.494 e. The highest BCUT2D eigenvalue weighted by molar-refractivity contribution is 5.84. The Balaban J connectivity index is 1.29. The minimum absolute atomic E-state index is 0.0820. The van der Waals surface area contributed by atoms with E-state index < -0.39 is 0 Å². The van der Waals surface area contributed by atoms with Gasteiger partial charge in [0.25, 0.3) is 0 Å². The molecular formula is C31H35N3O2. The van der Waals surface area contributed by atoms with Crippen LogP contribution in [0.3, 0.4) is 0 Å². The lowest BCUT2D eigenvalue weighted by Crippen LogP contribution is -2.46. The second-order valence-corrected chi connectivity index (χ2v) is 9.56. The topological polar surface area (TPSA) is 37.7 Å². The van der Waals surface area contributed by atoms with Crippen molar-refractivity contribution < 1.29 is 4.74 Å². The van der Waals surface area contributed by atoms with Crippen LogP contribution in [0.5, 0.6) is 5.75 Å². The van der Waals surface area contributed by atoms with Gasteiger partial charge in [-0.05, 0) is 41.8 Å². The first-order valence-corrected chi connectivity index (χ1v) is 13.1. The second kappa shape index (κ2) is 11.5. The Morgan fingerprint density at radius 1 is 0.778 bits per heavy atom. The first kappa shape index (κ1) is 24.3. The quantitative estimate of drug-likeness (QED) is 0.326. The van der Waals surface area contributed by atoms with E-state index in [1.54, 1.807) is 0 Å². The van der Waals surface area contributed by atoms with E-state index in [0.717, 1.165) is 80.0 Å². The number of pyridine rings is 1. The van der Waals surface area contributed by atoms with E-state index in [-0.39, 0.29) is 5.43 Å². The van der Waals surface area contributed by atoms with Crippen molar-refractivity contribution in [3.8, 4) is 16.9 Å². The standard InChI is InChI=1S/C31H35N3O2/c1-2-22-36-27-14-12-26(13-15-27)29-24-34(30-11-7-6-10-28(30)31(29)35)21-20-32-16-18-33(19-17-32)23-25-8-4-3-5-9-25/h3-15,24H,2,16-23H2,1H3. The predicted molar refractivity (Wildman–Crippen MR) is 148 cm³/mol. The summed E-state index contributed by atoms with van der Waals surface area (Å²) >= 11 is 0. The minimum atomic E-state index is 0.0820. The molecule has 5 heteroatoms. The SMILES string of the molecule is CCCOc1ccc(-c2cn(CCN3CCN(Cc4ccccc4)CC3)c3ccccc3c2=O)cc1. The van der Waals surface area contributed by atoms with Crippen LogP contribution in [0.2, 0.25) is 0 Å². The molecular weight excluding hydrogens is 446 g/mol. The van der Waals surface area contributed by atoms with Crippen molar-refractivity contribution >= 4 is 10.9 Å². The number of ether oxygens (including phenoxy) is 1. The summed E-state index contributed by atoms with van der Waals surface area (Å²) in [6.07, 6.45) is 3.01. The van der Waals surface area contributed by atoms with Gasteiger partial charge in [0.1, 0.15) is 5.75 Å². The minimum Gasteiger partial charge on any atom is -0.494 e. The molecule has 0 aliphatic carbocycles. The molecule has 0 unspecified atom stereocenters. The van der Waals surface area contributed by atoms with Crippen LogP contribution in [-0.2, 0) is 13.1 Å². The van der Waals surface area contributed by atoms with Gasteiger partial charge < -0.3 is 9.30 Å². The Morgan fingerprint density at radius 3 is 2.22 bits per heavy atom. The Hall–Kier alpha value is -3.41. The van der Waals surface area contributed by atoms with Crippen LogP contribution < -0.4 is 10.2 Å². The zero-order valence-electron chi connectivity index (χ0n) is 21.1. The van der Waals surface area contributed by atoms with E-state index >= 15 is 0 Å². The van der Waals surface area contributed by atoms with Crippen LogP contribution >= 0.6 is 0 Å². The zero-order chi connectivity index (χ0) is 24.7. The molecule has 3 aromatic carbocycles. The third-order valence-corrected chi connectivity index (χ3v) is 7.00. The van der Waals surface area contributed by atoms with Crippen molar-refractivity contribution in [2.45, 2.75) is 26.4 Å². The van der Waals surface area contributed by atoms with Gasteiger partial charge in [-0.3, -0.25) is 14.6 Å². The number of hydrogen-bond acceptors (Lipinski definition) is 4. The van der Waals surface area contributed by atoms with Crippen LogP contribution in [0.25, 0.3) is 22.0 Å². The van der Waals surface area contributed by atoms with Crippen molar-refractivity contribution in [1.29, 1.82) is 0 Å². The lowest BCUT2D eigenvalue weighted by Gasteiger charge is -2.35. The van der Waals surface area contributed by atoms with Crippen molar-refractivity contribution in [1.82, 2.24) is 14.4 Å². The van der Waals surface area contributed by atoms with Gasteiger partial charge in [0.2, 0.25) is 0 Å². The highest BCUT2D eigenvalue weighted by Gasteiger charge is 2.17. The first-order valence-electron chi connectivity index (χ1n) is 13.1. The fourth-order valence-electron chi connectivity index (χ4n) is 4.95. The summed E-state index contributed by atoms with van der Waals surface area (Å²) in [5, 5.41) is 0.772. The van der Waals surface area contributed by atoms with Gasteiger partial charge in [0.05, 0.1) is 12.1 Å². The summed E-state index contributed by atoms with van der Waals surface area (Å²) in [5.41, 5.74) is 4.12. The molecule has 0 bridgehead atoms. The summed E-state index contributed by atoms with van der Waals surface area (Å²) in [7, 11) is 0. The number of hydrogen-bond donors (Lipinski definition) is 0. The molecule has 4 aromatic rings. The molecule has 1 saturated heterocycles. The number of rotatable bonds is 9. The maximum atomic E-state index is 13.4. The first-order chi connectivity index (χ1) is 17.7. The van der Waals surface area contributed by atoms with Gasteiger partial charge in [0.15, 0.2) is 5.43 Å². The van der Waals surface area contributed by atoms with Crippen LogP contribution in [0.15, 0.2) is 89.9 Å². The second-order valence-electron chi connectivity index (χ2n) is 9.56. The Labute approximate surface area is 213 Å². The van der Waals surface area contributed by atoms with E-state index in [1.807, 2.05) is 48.7 Å². The Kier molecular flexibility index (Phi) is 7.79. The maximum Gasteiger partial charge on any atom is 0.197 e. The summed E-state index contributed by atoms with van der Waals surface area (Å²) in [4.78, 5) is 18.4. The van der Waals surface area contributed by atoms with Crippen molar-refractivity contribution in [2.24, 2.45) is 0 Å². The van der Waals surface area contributed by atoms with E-state index in [9.17, 15) is 4.79 Å². The summed E-state index contributed by atoms with van der Waals surface area (Å²) < 4.78 is 7.98. The van der Waals surface area contributed by atoms with Gasteiger partial charge in [-0.15, -0.1) is 0 Å². The maximum absolute atomic E-state index is 13.4. The average molecular weight is 482 g/mol. The lowest BCUT2D eigenvalue weighted by atomic mass is 10.0. The third kappa shape index (κ3) is 5.69. The molecule has 186 valence electrons. The van der Waals surface area contributed by atoms with Crippen LogP contribution in [0.1, 0.15) is 18.9 Å². The molecule has 1 aromatic heterocycles. The van der Waals surface area contributed by atoms with E-state index in [4.69, 9.17) is 4.74 Å². The molecule has 0 N–H and O–H groups in total. The molecule has 1 fully saturated rings. The molecule has 2 heterocycles. The van der Waals surface area contributed by atoms with E-state index in [1.165, 1.54) is 5.56 Å². The number of fused-ring (bicyclic) bond motifs is 1. The van der Waals surface area contributed by atoms with Crippen molar-refractivity contribution in [3.05, 3.63) is 101 Å². The van der Waals surface area contributed by atoms with Gasteiger partial charge in [-0.2, -0.15) is 0 Å². The fraction of sp³-hybridized carbons (Fsp3) is 0.323. The number of para-hydroxylation sites is 1. The summed E-state index contributed by atoms with van der Waals surface area (Å²) in [6, 6.07) is 26.6. The third-order valence-electron chi connectivity index (χ3n) is 7.00. The molecule has 0 atom stereocenters. The number of benzene rings is 3. The number of piperazine rings is 1. The van der Waals surface area contributed by atoms with Crippen LogP contribution in [0.4, 0.5) is 0 Å². The highest BCUT2D eigenvalue weighted by Crippen LogP contribution is 2.23. The Morgan fingerprint density at radius 2 is 1.47 bits per heavy atom. The number of aromatic nitrogens is 1. The van der Waals surface area contributed by atoms with Gasteiger partial charge in [-0.25, -0.2) is 0 Å². The highest BCUT2D eigenvalue weighted by atomic mass is 16.5. The normalized spacial score (nSPS) is 14.8. The van der Waals surface area contributed by atoms with E-state index in [2.05, 4.69) is 57.7 Å². The molecule has 1 aliphatic heterocycles. The fourth-order valence-corrected chi connectivity index (χ4v) is 4.95. The molecule has 0 saturated carbocycles. The average Bonchev–Trinajstić information content (AvgIpc) is 2.93. The molecule has 36 heavy (non-hydrogen) atoms. The number of nitrogens with zero attached hydrogens (tertiary/aromatic N) is 3.